The third kappa shape index (κ3) is 2.98. The largest absolute Gasteiger partial charge is 0.369 e. The van der Waals surface area contributed by atoms with Crippen molar-refractivity contribution in [2.45, 2.75) is 50.9 Å². The Hall–Kier alpha value is -0.520. The van der Waals surface area contributed by atoms with Crippen LogP contribution in [0.25, 0.3) is 0 Å². The van der Waals surface area contributed by atoms with Gasteiger partial charge < -0.3 is 14.6 Å². The van der Waals surface area contributed by atoms with Crippen molar-refractivity contribution in [3.63, 3.8) is 0 Å². The van der Waals surface area contributed by atoms with Crippen LogP contribution in [0.2, 0.25) is 0 Å². The highest BCUT2D eigenvalue weighted by Crippen LogP contribution is 2.29. The molecule has 1 aromatic heterocycles. The van der Waals surface area contributed by atoms with E-state index in [1.165, 1.54) is 24.3 Å². The second-order valence-corrected chi connectivity index (χ2v) is 6.49. The van der Waals surface area contributed by atoms with Crippen molar-refractivity contribution < 1.29 is 4.74 Å². The van der Waals surface area contributed by atoms with Crippen LogP contribution in [-0.2, 0) is 11.3 Å². The summed E-state index contributed by atoms with van der Waals surface area (Å²) in [6.45, 7) is 3.98. The zero-order valence-electron chi connectivity index (χ0n) is 11.5. The summed E-state index contributed by atoms with van der Waals surface area (Å²) in [6, 6.07) is 1.08. The van der Waals surface area contributed by atoms with E-state index in [4.69, 9.17) is 4.74 Å². The Morgan fingerprint density at radius 2 is 2.47 bits per heavy atom. The van der Waals surface area contributed by atoms with Crippen molar-refractivity contribution in [3.05, 3.63) is 18.2 Å². The van der Waals surface area contributed by atoms with Crippen molar-refractivity contribution in [1.82, 2.24) is 14.9 Å². The Kier molecular flexibility index (Phi) is 4.45. The molecular formula is C14H23N3OS. The third-order valence-corrected chi connectivity index (χ3v) is 5.21. The average Bonchev–Trinajstić information content (AvgIpc) is 3.09. The van der Waals surface area contributed by atoms with Gasteiger partial charge in [0.1, 0.15) is 11.9 Å². The van der Waals surface area contributed by atoms with Crippen molar-refractivity contribution in [2.75, 3.05) is 18.1 Å². The van der Waals surface area contributed by atoms with Crippen molar-refractivity contribution >= 4 is 11.8 Å². The van der Waals surface area contributed by atoms with Crippen LogP contribution in [0.3, 0.4) is 0 Å². The maximum absolute atomic E-state index is 6.04. The lowest BCUT2D eigenvalue weighted by molar-refractivity contribution is -0.0200. The number of aromatic nitrogens is 2. The fourth-order valence-electron chi connectivity index (χ4n) is 3.02. The quantitative estimate of drug-likeness (QED) is 0.918. The maximum atomic E-state index is 6.04. The van der Waals surface area contributed by atoms with E-state index in [9.17, 15) is 0 Å². The Bertz CT molecular complexity index is 403. The van der Waals surface area contributed by atoms with Crippen molar-refractivity contribution in [1.29, 1.82) is 0 Å². The van der Waals surface area contributed by atoms with Gasteiger partial charge in [0.05, 0.1) is 0 Å². The van der Waals surface area contributed by atoms with Gasteiger partial charge in [-0.15, -0.1) is 0 Å². The molecule has 5 heteroatoms. The molecule has 0 amide bonds. The predicted molar refractivity (Wildman–Crippen MR) is 78.5 cm³/mol. The zero-order chi connectivity index (χ0) is 13.1. The number of ether oxygens (including phenoxy) is 1. The fourth-order valence-corrected chi connectivity index (χ4v) is 4.19. The number of nitrogens with zero attached hydrogens (tertiary/aromatic N) is 2. The summed E-state index contributed by atoms with van der Waals surface area (Å²) >= 11 is 2.05. The molecule has 106 valence electrons. The van der Waals surface area contributed by atoms with E-state index in [0.29, 0.717) is 12.1 Å². The lowest BCUT2D eigenvalue weighted by Crippen LogP contribution is -2.45. The molecule has 1 unspecified atom stereocenters. The molecule has 2 saturated heterocycles. The highest BCUT2D eigenvalue weighted by Gasteiger charge is 2.32. The minimum Gasteiger partial charge on any atom is -0.369 e. The Morgan fingerprint density at radius 1 is 1.53 bits per heavy atom. The van der Waals surface area contributed by atoms with Gasteiger partial charge in [-0.25, -0.2) is 4.98 Å². The van der Waals surface area contributed by atoms with Crippen LogP contribution in [0.4, 0.5) is 0 Å². The van der Waals surface area contributed by atoms with Gasteiger partial charge >= 0.3 is 0 Å². The van der Waals surface area contributed by atoms with Gasteiger partial charge in [-0.05, 0) is 31.9 Å². The van der Waals surface area contributed by atoms with Crippen LogP contribution in [0.1, 0.15) is 38.1 Å². The lowest BCUT2D eigenvalue weighted by atomic mass is 10.0. The number of rotatable bonds is 4. The molecule has 2 aliphatic rings. The van der Waals surface area contributed by atoms with Gasteiger partial charge in [0.2, 0.25) is 0 Å². The van der Waals surface area contributed by atoms with E-state index in [1.54, 1.807) is 0 Å². The molecule has 0 aromatic carbocycles. The Labute approximate surface area is 119 Å². The standard InChI is InChI=1S/C14H23N3OS/c1-2-17-7-6-15-14(17)13-12(4-3-8-18-13)16-11-5-9-19-10-11/h6-7,11-13,16H,2-5,8-10H2,1H3/t11?,12-,13-/m0/s1. The second-order valence-electron chi connectivity index (χ2n) is 5.34. The van der Waals surface area contributed by atoms with Crippen LogP contribution in [0, 0.1) is 0 Å². The SMILES string of the molecule is CCn1ccnc1[C@H]1OCCC[C@@H]1NC1CCSC1. The number of hydrogen-bond acceptors (Lipinski definition) is 4. The van der Waals surface area contributed by atoms with E-state index in [2.05, 4.69) is 39.8 Å². The number of nitrogens with one attached hydrogen (secondary N) is 1. The molecule has 3 heterocycles. The van der Waals surface area contributed by atoms with Gasteiger partial charge in [-0.2, -0.15) is 11.8 Å². The summed E-state index contributed by atoms with van der Waals surface area (Å²) in [6.07, 6.45) is 7.70. The molecule has 3 rings (SSSR count). The van der Waals surface area contributed by atoms with Gasteiger partial charge in [0.15, 0.2) is 0 Å². The van der Waals surface area contributed by atoms with Gasteiger partial charge in [-0.1, -0.05) is 0 Å². The first-order valence-electron chi connectivity index (χ1n) is 7.35. The molecule has 4 nitrogen and oxygen atoms in total. The van der Waals surface area contributed by atoms with E-state index in [0.717, 1.165) is 25.4 Å². The van der Waals surface area contributed by atoms with E-state index >= 15 is 0 Å². The van der Waals surface area contributed by atoms with Crippen LogP contribution in [0.5, 0.6) is 0 Å². The molecule has 2 fully saturated rings. The van der Waals surface area contributed by atoms with Crippen LogP contribution in [-0.4, -0.2) is 39.7 Å². The molecule has 0 saturated carbocycles. The normalized spacial score (nSPS) is 31.7. The molecule has 0 spiro atoms. The first kappa shape index (κ1) is 13.5. The van der Waals surface area contributed by atoms with Crippen molar-refractivity contribution in [2.24, 2.45) is 0 Å². The maximum Gasteiger partial charge on any atom is 0.139 e. The smallest absolute Gasteiger partial charge is 0.139 e. The summed E-state index contributed by atoms with van der Waals surface area (Å²) in [5.74, 6) is 3.62. The number of imidazole rings is 1. The Morgan fingerprint density at radius 3 is 3.26 bits per heavy atom. The topological polar surface area (TPSA) is 39.1 Å². The number of thioether (sulfide) groups is 1. The molecule has 19 heavy (non-hydrogen) atoms. The summed E-state index contributed by atoms with van der Waals surface area (Å²) in [5, 5.41) is 3.81. The molecule has 3 atom stereocenters. The Balaban J connectivity index is 1.72. The summed E-state index contributed by atoms with van der Waals surface area (Å²) in [7, 11) is 0. The van der Waals surface area contributed by atoms with Crippen LogP contribution >= 0.6 is 11.8 Å². The molecule has 0 aliphatic carbocycles. The zero-order valence-corrected chi connectivity index (χ0v) is 12.4. The predicted octanol–water partition coefficient (Wildman–Crippen LogP) is 2.22. The second kappa shape index (κ2) is 6.29. The lowest BCUT2D eigenvalue weighted by Gasteiger charge is -2.34. The monoisotopic (exact) mass is 281 g/mol. The van der Waals surface area contributed by atoms with E-state index < -0.39 is 0 Å². The first-order valence-corrected chi connectivity index (χ1v) is 8.50. The molecule has 0 radical (unpaired) electrons. The minimum absolute atomic E-state index is 0.120. The molecule has 1 aromatic rings. The first-order chi connectivity index (χ1) is 9.38. The fraction of sp³-hybridized carbons (Fsp3) is 0.786. The van der Waals surface area contributed by atoms with Crippen molar-refractivity contribution in [3.8, 4) is 0 Å². The van der Waals surface area contributed by atoms with Gasteiger partial charge in [-0.3, -0.25) is 0 Å². The molecular weight excluding hydrogens is 258 g/mol. The average molecular weight is 281 g/mol. The summed E-state index contributed by atoms with van der Waals surface area (Å²) in [5.41, 5.74) is 0. The number of aryl methyl sites for hydroxylation is 1. The molecule has 1 N–H and O–H groups in total. The highest BCUT2D eigenvalue weighted by molar-refractivity contribution is 7.99. The molecule has 2 aliphatic heterocycles. The minimum atomic E-state index is 0.120. The summed E-state index contributed by atoms with van der Waals surface area (Å²) < 4.78 is 8.24. The van der Waals surface area contributed by atoms with Gasteiger partial charge in [0.25, 0.3) is 0 Å². The summed E-state index contributed by atoms with van der Waals surface area (Å²) in [4.78, 5) is 4.53. The number of hydrogen-bond donors (Lipinski definition) is 1. The van der Waals surface area contributed by atoms with E-state index in [-0.39, 0.29) is 6.10 Å². The van der Waals surface area contributed by atoms with Crippen LogP contribution in [0.15, 0.2) is 12.4 Å². The highest BCUT2D eigenvalue weighted by atomic mass is 32.2. The van der Waals surface area contributed by atoms with E-state index in [1.807, 2.05) is 6.20 Å². The third-order valence-electron chi connectivity index (χ3n) is 4.04. The molecule has 0 bridgehead atoms. The van der Waals surface area contributed by atoms with Crippen LogP contribution < -0.4 is 5.32 Å². The van der Waals surface area contributed by atoms with Gasteiger partial charge in [0, 0.05) is 43.4 Å².